The second-order valence-corrected chi connectivity index (χ2v) is 7.52. The lowest BCUT2D eigenvalue weighted by Gasteiger charge is -2.29. The molecule has 1 saturated carbocycles. The number of epoxide rings is 1. The lowest BCUT2D eigenvalue weighted by Crippen LogP contribution is -2.20. The highest BCUT2D eigenvalue weighted by atomic mass is 19.2. The molecule has 0 spiro atoms. The van der Waals surface area contributed by atoms with Gasteiger partial charge in [0, 0.05) is 11.6 Å². The van der Waals surface area contributed by atoms with Gasteiger partial charge < -0.3 is 14.2 Å². The van der Waals surface area contributed by atoms with Gasteiger partial charge in [-0.2, -0.15) is 0 Å². The second kappa shape index (κ2) is 8.03. The summed E-state index contributed by atoms with van der Waals surface area (Å²) in [5.74, 6) is -0.991. The van der Waals surface area contributed by atoms with Crippen molar-refractivity contribution in [3.63, 3.8) is 0 Å². The molecule has 0 aromatic heterocycles. The van der Waals surface area contributed by atoms with Crippen molar-refractivity contribution in [2.24, 2.45) is 5.92 Å². The minimum absolute atomic E-state index is 0.0124. The summed E-state index contributed by atoms with van der Waals surface area (Å²) in [5.41, 5.74) is 0.772. The number of hydrogen-bond acceptors (Lipinski definition) is 3. The zero-order valence-electron chi connectivity index (χ0n) is 15.7. The summed E-state index contributed by atoms with van der Waals surface area (Å²) >= 11 is 0. The van der Waals surface area contributed by atoms with Gasteiger partial charge in [-0.25, -0.2) is 13.2 Å². The van der Waals surface area contributed by atoms with Crippen LogP contribution in [0, 0.1) is 23.4 Å². The first-order chi connectivity index (χ1) is 13.6. The van der Waals surface area contributed by atoms with E-state index in [1.165, 1.54) is 19.2 Å². The molecule has 2 aliphatic rings. The van der Waals surface area contributed by atoms with Gasteiger partial charge in [0.25, 0.3) is 0 Å². The van der Waals surface area contributed by atoms with Crippen LogP contribution in [0.1, 0.15) is 48.8 Å². The molecule has 0 bridgehead atoms. The number of ether oxygens (including phenoxy) is 3. The quantitative estimate of drug-likeness (QED) is 0.605. The van der Waals surface area contributed by atoms with Crippen LogP contribution in [0.3, 0.4) is 0 Å². The molecule has 0 radical (unpaired) electrons. The number of rotatable bonds is 6. The molecule has 4 rings (SSSR count). The molecule has 2 aromatic carbocycles. The summed E-state index contributed by atoms with van der Waals surface area (Å²) in [6.45, 7) is 0.937. The van der Waals surface area contributed by atoms with Crippen LogP contribution in [0.2, 0.25) is 0 Å². The molecule has 0 amide bonds. The lowest BCUT2D eigenvalue weighted by atomic mass is 9.78. The summed E-state index contributed by atoms with van der Waals surface area (Å²) in [6.07, 6.45) is 2.98. The predicted molar refractivity (Wildman–Crippen MR) is 98.2 cm³/mol. The molecule has 3 nitrogen and oxygen atoms in total. The van der Waals surface area contributed by atoms with Crippen molar-refractivity contribution in [3.8, 4) is 11.5 Å². The Morgan fingerprint density at radius 1 is 0.964 bits per heavy atom. The van der Waals surface area contributed by atoms with Crippen LogP contribution in [0.15, 0.2) is 30.3 Å². The molecule has 150 valence electrons. The Hall–Kier alpha value is -2.21. The van der Waals surface area contributed by atoms with E-state index in [-0.39, 0.29) is 17.8 Å². The monoisotopic (exact) mass is 392 g/mol. The second-order valence-electron chi connectivity index (χ2n) is 7.52. The zero-order valence-corrected chi connectivity index (χ0v) is 15.7. The third kappa shape index (κ3) is 3.97. The van der Waals surface area contributed by atoms with E-state index in [2.05, 4.69) is 0 Å². The fourth-order valence-electron chi connectivity index (χ4n) is 3.96. The molecule has 1 aliphatic heterocycles. The standard InChI is InChI=1S/C22H23F3O3/c1-26-19-9-6-15(10-18(19)23)27-11-13-2-4-14(5-3-13)16-7-8-17(20-12-28-20)22(25)21(16)24/h6-10,13-14,20H,2-5,11-12H2,1H3. The Balaban J connectivity index is 1.32. The summed E-state index contributed by atoms with van der Waals surface area (Å²) in [6, 6.07) is 7.88. The van der Waals surface area contributed by atoms with E-state index in [0.29, 0.717) is 36.0 Å². The first kappa shape index (κ1) is 19.1. The summed E-state index contributed by atoms with van der Waals surface area (Å²) < 4.78 is 58.2. The molecule has 2 aromatic rings. The molecule has 1 unspecified atom stereocenters. The fourth-order valence-corrected chi connectivity index (χ4v) is 3.96. The highest BCUT2D eigenvalue weighted by Crippen LogP contribution is 2.40. The van der Waals surface area contributed by atoms with E-state index in [0.717, 1.165) is 25.7 Å². The maximum atomic E-state index is 14.5. The maximum absolute atomic E-state index is 14.5. The molecule has 28 heavy (non-hydrogen) atoms. The number of halogens is 3. The van der Waals surface area contributed by atoms with E-state index in [4.69, 9.17) is 14.2 Å². The van der Waals surface area contributed by atoms with Crippen LogP contribution in [-0.4, -0.2) is 20.3 Å². The smallest absolute Gasteiger partial charge is 0.168 e. The third-order valence-corrected chi connectivity index (χ3v) is 5.72. The van der Waals surface area contributed by atoms with Crippen LogP contribution < -0.4 is 9.47 Å². The molecular formula is C22H23F3O3. The largest absolute Gasteiger partial charge is 0.494 e. The van der Waals surface area contributed by atoms with Gasteiger partial charge in [-0.15, -0.1) is 0 Å². The molecule has 6 heteroatoms. The normalized spacial score (nSPS) is 24.1. The molecule has 1 saturated heterocycles. The van der Waals surface area contributed by atoms with Gasteiger partial charge in [0.15, 0.2) is 23.2 Å². The van der Waals surface area contributed by atoms with Crippen molar-refractivity contribution in [2.45, 2.75) is 37.7 Å². The highest BCUT2D eigenvalue weighted by molar-refractivity contribution is 5.33. The van der Waals surface area contributed by atoms with Gasteiger partial charge in [0.05, 0.1) is 20.3 Å². The highest BCUT2D eigenvalue weighted by Gasteiger charge is 2.32. The maximum Gasteiger partial charge on any atom is 0.168 e. The first-order valence-corrected chi connectivity index (χ1v) is 9.62. The molecule has 1 heterocycles. The topological polar surface area (TPSA) is 31.0 Å². The van der Waals surface area contributed by atoms with E-state index in [1.807, 2.05) is 0 Å². The summed E-state index contributed by atoms with van der Waals surface area (Å²) in [5, 5.41) is 0. The summed E-state index contributed by atoms with van der Waals surface area (Å²) in [7, 11) is 1.42. The fraction of sp³-hybridized carbons (Fsp3) is 0.455. The third-order valence-electron chi connectivity index (χ3n) is 5.72. The van der Waals surface area contributed by atoms with Gasteiger partial charge in [-0.1, -0.05) is 12.1 Å². The summed E-state index contributed by atoms with van der Waals surface area (Å²) in [4.78, 5) is 0. The van der Waals surface area contributed by atoms with Crippen LogP contribution in [0.5, 0.6) is 11.5 Å². The Kier molecular flexibility index (Phi) is 5.49. The van der Waals surface area contributed by atoms with E-state index < -0.39 is 17.5 Å². The average molecular weight is 392 g/mol. The van der Waals surface area contributed by atoms with Crippen molar-refractivity contribution in [3.05, 3.63) is 58.9 Å². The zero-order chi connectivity index (χ0) is 19.7. The van der Waals surface area contributed by atoms with Gasteiger partial charge >= 0.3 is 0 Å². The minimum Gasteiger partial charge on any atom is -0.494 e. The molecule has 1 atom stereocenters. The Labute approximate surface area is 162 Å². The van der Waals surface area contributed by atoms with E-state index in [1.54, 1.807) is 18.2 Å². The minimum atomic E-state index is -0.771. The van der Waals surface area contributed by atoms with Crippen molar-refractivity contribution < 1.29 is 27.4 Å². The molecular weight excluding hydrogens is 369 g/mol. The lowest BCUT2D eigenvalue weighted by molar-refractivity contribution is 0.198. The van der Waals surface area contributed by atoms with Crippen LogP contribution in [0.4, 0.5) is 13.2 Å². The number of hydrogen-bond donors (Lipinski definition) is 0. The van der Waals surface area contributed by atoms with Gasteiger partial charge in [0.1, 0.15) is 11.9 Å². The molecule has 1 aliphatic carbocycles. The Bertz CT molecular complexity index is 843. The Morgan fingerprint density at radius 2 is 1.64 bits per heavy atom. The van der Waals surface area contributed by atoms with Crippen LogP contribution in [0.25, 0.3) is 0 Å². The molecule has 0 N–H and O–H groups in total. The predicted octanol–water partition coefficient (Wildman–Crippen LogP) is 5.54. The van der Waals surface area contributed by atoms with E-state index >= 15 is 0 Å². The van der Waals surface area contributed by atoms with Gasteiger partial charge in [-0.3, -0.25) is 0 Å². The van der Waals surface area contributed by atoms with Crippen LogP contribution >= 0.6 is 0 Å². The molecule has 2 fully saturated rings. The van der Waals surface area contributed by atoms with Gasteiger partial charge in [-0.05, 0) is 55.2 Å². The van der Waals surface area contributed by atoms with Crippen molar-refractivity contribution in [1.29, 1.82) is 0 Å². The SMILES string of the molecule is COc1ccc(OCC2CCC(c3ccc(C4CO4)c(F)c3F)CC2)cc1F. The number of benzene rings is 2. The first-order valence-electron chi connectivity index (χ1n) is 9.62. The number of methoxy groups -OCH3 is 1. The van der Waals surface area contributed by atoms with E-state index in [9.17, 15) is 13.2 Å². The van der Waals surface area contributed by atoms with Crippen molar-refractivity contribution in [2.75, 3.05) is 20.3 Å². The Morgan fingerprint density at radius 3 is 2.29 bits per heavy atom. The van der Waals surface area contributed by atoms with Gasteiger partial charge in [0.2, 0.25) is 0 Å². The van der Waals surface area contributed by atoms with Crippen molar-refractivity contribution in [1.82, 2.24) is 0 Å². The van der Waals surface area contributed by atoms with Crippen molar-refractivity contribution >= 4 is 0 Å². The average Bonchev–Trinajstić information content (AvgIpc) is 3.54. The van der Waals surface area contributed by atoms with Crippen LogP contribution in [-0.2, 0) is 4.74 Å².